The molecule has 1 fully saturated rings. The number of hydrogen-bond acceptors (Lipinski definition) is 5. The van der Waals surface area contributed by atoms with E-state index in [2.05, 4.69) is 20.9 Å². The van der Waals surface area contributed by atoms with Crippen molar-refractivity contribution < 1.29 is 14.3 Å². The average Bonchev–Trinajstić information content (AvgIpc) is 3.23. The third-order valence-corrected chi connectivity index (χ3v) is 5.17. The molecule has 8 nitrogen and oxygen atoms in total. The maximum absolute atomic E-state index is 12.4. The van der Waals surface area contributed by atoms with Crippen molar-refractivity contribution in [1.29, 1.82) is 0 Å². The van der Waals surface area contributed by atoms with Crippen LogP contribution in [0.3, 0.4) is 0 Å². The molecule has 2 N–H and O–H groups in total. The van der Waals surface area contributed by atoms with E-state index in [1.165, 1.54) is 0 Å². The molecular formula is C21H29N5O3. The summed E-state index contributed by atoms with van der Waals surface area (Å²) in [5, 5.41) is 14.1. The molecule has 0 spiro atoms. The lowest BCUT2D eigenvalue weighted by Gasteiger charge is -2.29. The normalized spacial score (nSPS) is 19.0. The van der Waals surface area contributed by atoms with Gasteiger partial charge in [-0.25, -0.2) is 4.68 Å². The Labute approximate surface area is 171 Å². The molecule has 0 atom stereocenters. The van der Waals surface area contributed by atoms with Crippen LogP contribution < -0.4 is 15.4 Å². The topological polar surface area (TPSA) is 98.1 Å². The molecule has 2 aromatic rings. The summed E-state index contributed by atoms with van der Waals surface area (Å²) in [6, 6.07) is 7.43. The molecule has 0 bridgehead atoms. The Morgan fingerprint density at radius 2 is 1.83 bits per heavy atom. The van der Waals surface area contributed by atoms with E-state index in [9.17, 15) is 9.59 Å². The van der Waals surface area contributed by atoms with E-state index in [4.69, 9.17) is 4.74 Å². The summed E-state index contributed by atoms with van der Waals surface area (Å²) in [5.74, 6) is 0.857. The molecule has 29 heavy (non-hydrogen) atoms. The van der Waals surface area contributed by atoms with Crippen molar-refractivity contribution in [3.63, 3.8) is 0 Å². The van der Waals surface area contributed by atoms with E-state index in [1.807, 2.05) is 13.8 Å². The summed E-state index contributed by atoms with van der Waals surface area (Å²) in [7, 11) is 1.60. The number of benzene rings is 1. The minimum Gasteiger partial charge on any atom is -0.497 e. The number of rotatable bonds is 7. The minimum absolute atomic E-state index is 0.0685. The van der Waals surface area contributed by atoms with Crippen LogP contribution in [0.2, 0.25) is 0 Å². The molecule has 1 saturated carbocycles. The highest BCUT2D eigenvalue weighted by Gasteiger charge is 2.25. The first-order chi connectivity index (χ1) is 14.0. The molecule has 0 radical (unpaired) electrons. The van der Waals surface area contributed by atoms with Gasteiger partial charge in [-0.2, -0.15) is 0 Å². The van der Waals surface area contributed by atoms with Gasteiger partial charge in [-0.05, 0) is 55.9 Å². The number of aromatic nitrogens is 3. The number of amides is 2. The monoisotopic (exact) mass is 399 g/mol. The highest BCUT2D eigenvalue weighted by molar-refractivity contribution is 5.94. The summed E-state index contributed by atoms with van der Waals surface area (Å²) in [5.41, 5.74) is 0.974. The first-order valence-corrected chi connectivity index (χ1v) is 10.1. The largest absolute Gasteiger partial charge is 0.497 e. The average molecular weight is 399 g/mol. The Kier molecular flexibility index (Phi) is 6.85. The van der Waals surface area contributed by atoms with Crippen molar-refractivity contribution >= 4 is 11.8 Å². The molecular weight excluding hydrogens is 370 g/mol. The maximum atomic E-state index is 12.4. The molecule has 1 heterocycles. The summed E-state index contributed by atoms with van der Waals surface area (Å²) in [4.78, 5) is 24.5. The van der Waals surface area contributed by atoms with Gasteiger partial charge in [0.15, 0.2) is 5.69 Å². The minimum atomic E-state index is -0.189. The summed E-state index contributed by atoms with van der Waals surface area (Å²) in [6.45, 7) is 4.71. The number of hydrogen-bond donors (Lipinski definition) is 2. The van der Waals surface area contributed by atoms with Crippen molar-refractivity contribution in [2.75, 3.05) is 13.7 Å². The lowest BCUT2D eigenvalue weighted by molar-refractivity contribution is 0.0918. The molecule has 0 unspecified atom stereocenters. The van der Waals surface area contributed by atoms with Gasteiger partial charge in [-0.15, -0.1) is 5.10 Å². The second kappa shape index (κ2) is 9.54. The fraction of sp³-hybridized carbons (Fsp3) is 0.524. The Balaban J connectivity index is 1.49. The fourth-order valence-corrected chi connectivity index (χ4v) is 3.44. The quantitative estimate of drug-likeness (QED) is 0.746. The van der Waals surface area contributed by atoms with Gasteiger partial charge in [0.05, 0.1) is 19.3 Å². The number of carbonyl (C=O) groups excluding carboxylic acids is 2. The number of ether oxygens (including phenoxy) is 1. The van der Waals surface area contributed by atoms with Crippen LogP contribution in [-0.2, 0) is 0 Å². The summed E-state index contributed by atoms with van der Waals surface area (Å²) >= 11 is 0. The zero-order valence-corrected chi connectivity index (χ0v) is 17.2. The molecule has 1 aliphatic rings. The van der Waals surface area contributed by atoms with E-state index in [-0.39, 0.29) is 23.9 Å². The summed E-state index contributed by atoms with van der Waals surface area (Å²) < 4.78 is 6.91. The Morgan fingerprint density at radius 1 is 1.14 bits per heavy atom. The fourth-order valence-electron chi connectivity index (χ4n) is 3.44. The number of nitrogens with zero attached hydrogens (tertiary/aromatic N) is 3. The molecule has 8 heteroatoms. The zero-order valence-electron chi connectivity index (χ0n) is 17.2. The molecule has 1 aromatic heterocycles. The van der Waals surface area contributed by atoms with E-state index in [0.717, 1.165) is 31.4 Å². The Hall–Kier alpha value is -2.90. The van der Waals surface area contributed by atoms with Gasteiger partial charge in [0, 0.05) is 18.2 Å². The third-order valence-electron chi connectivity index (χ3n) is 5.17. The van der Waals surface area contributed by atoms with E-state index in [1.54, 1.807) is 42.3 Å². The van der Waals surface area contributed by atoms with Gasteiger partial charge in [0.1, 0.15) is 5.75 Å². The predicted molar refractivity (Wildman–Crippen MR) is 109 cm³/mol. The zero-order chi connectivity index (χ0) is 20.8. The van der Waals surface area contributed by atoms with Crippen molar-refractivity contribution in [2.45, 2.75) is 51.6 Å². The highest BCUT2D eigenvalue weighted by atomic mass is 16.5. The molecule has 1 aromatic carbocycles. The molecule has 0 saturated heterocycles. The van der Waals surface area contributed by atoms with Gasteiger partial charge in [0.2, 0.25) is 0 Å². The third kappa shape index (κ3) is 5.56. The maximum Gasteiger partial charge on any atom is 0.273 e. The van der Waals surface area contributed by atoms with Crippen LogP contribution in [0.25, 0.3) is 0 Å². The van der Waals surface area contributed by atoms with Crippen LogP contribution in [0.1, 0.15) is 66.4 Å². The Morgan fingerprint density at radius 3 is 2.45 bits per heavy atom. The lowest BCUT2D eigenvalue weighted by atomic mass is 9.91. The van der Waals surface area contributed by atoms with Gasteiger partial charge in [-0.3, -0.25) is 9.59 Å². The van der Waals surface area contributed by atoms with Crippen LogP contribution in [0.4, 0.5) is 0 Å². The van der Waals surface area contributed by atoms with Crippen molar-refractivity contribution in [2.24, 2.45) is 5.92 Å². The van der Waals surface area contributed by atoms with Gasteiger partial charge >= 0.3 is 0 Å². The number of nitrogens with one attached hydrogen (secondary N) is 2. The molecule has 3 rings (SSSR count). The van der Waals surface area contributed by atoms with Crippen molar-refractivity contribution in [3.05, 3.63) is 41.7 Å². The first kappa shape index (κ1) is 20.8. The molecule has 2 amide bonds. The standard InChI is InChI=1S/C21H29N5O3/c1-14(2)12-22-21(28)19-13-26(25-24-19)17-8-6-16(7-9-17)23-20(27)15-4-10-18(29-3)11-5-15/h4-5,10-11,13-14,16-17H,6-9,12H2,1-3H3,(H,22,28)(H,23,27). The first-order valence-electron chi connectivity index (χ1n) is 10.1. The van der Waals surface area contributed by atoms with Crippen LogP contribution in [0.5, 0.6) is 5.75 Å². The van der Waals surface area contributed by atoms with Gasteiger partial charge in [0.25, 0.3) is 11.8 Å². The van der Waals surface area contributed by atoms with Crippen LogP contribution in [0, 0.1) is 5.92 Å². The summed E-state index contributed by atoms with van der Waals surface area (Å²) in [6.07, 6.45) is 5.20. The molecule has 1 aliphatic carbocycles. The predicted octanol–water partition coefficient (Wildman–Crippen LogP) is 2.59. The SMILES string of the molecule is COc1ccc(C(=O)NC2CCC(n3cc(C(=O)NCC(C)C)nn3)CC2)cc1. The van der Waals surface area contributed by atoms with E-state index >= 15 is 0 Å². The molecule has 0 aliphatic heterocycles. The lowest BCUT2D eigenvalue weighted by Crippen LogP contribution is -2.38. The highest BCUT2D eigenvalue weighted by Crippen LogP contribution is 2.28. The van der Waals surface area contributed by atoms with Crippen LogP contribution >= 0.6 is 0 Å². The van der Waals surface area contributed by atoms with Crippen LogP contribution in [0.15, 0.2) is 30.5 Å². The number of methoxy groups -OCH3 is 1. The van der Waals surface area contributed by atoms with Crippen molar-refractivity contribution in [3.8, 4) is 5.75 Å². The number of carbonyl (C=O) groups is 2. The van der Waals surface area contributed by atoms with Gasteiger partial charge < -0.3 is 15.4 Å². The second-order valence-electron chi connectivity index (χ2n) is 7.90. The second-order valence-corrected chi connectivity index (χ2v) is 7.90. The van der Waals surface area contributed by atoms with Crippen LogP contribution in [-0.4, -0.2) is 46.5 Å². The van der Waals surface area contributed by atoms with Crippen molar-refractivity contribution in [1.82, 2.24) is 25.6 Å². The van der Waals surface area contributed by atoms with E-state index in [0.29, 0.717) is 23.7 Å². The Bertz CT molecular complexity index is 823. The van der Waals surface area contributed by atoms with Gasteiger partial charge in [-0.1, -0.05) is 19.1 Å². The van der Waals surface area contributed by atoms with E-state index < -0.39 is 0 Å². The molecule has 156 valence electrons. The smallest absolute Gasteiger partial charge is 0.273 e.